The van der Waals surface area contributed by atoms with Crippen molar-refractivity contribution in [1.29, 1.82) is 0 Å². The first kappa shape index (κ1) is 34.5. The largest absolute Gasteiger partial charge is 0.492 e. The van der Waals surface area contributed by atoms with Crippen molar-refractivity contribution in [2.75, 3.05) is 57.3 Å². The molecule has 0 unspecified atom stereocenters. The Morgan fingerprint density at radius 2 is 1.89 bits per heavy atom. The summed E-state index contributed by atoms with van der Waals surface area (Å²) in [6, 6.07) is 14.4. The lowest BCUT2D eigenvalue weighted by atomic mass is 9.95. The van der Waals surface area contributed by atoms with E-state index in [2.05, 4.69) is 37.4 Å². The van der Waals surface area contributed by atoms with Crippen LogP contribution in [0.25, 0.3) is 11.1 Å². The van der Waals surface area contributed by atoms with Crippen molar-refractivity contribution in [3.63, 3.8) is 0 Å². The van der Waals surface area contributed by atoms with Gasteiger partial charge in [-0.15, -0.1) is 12.4 Å². The van der Waals surface area contributed by atoms with E-state index in [-0.39, 0.29) is 36.2 Å². The highest BCUT2D eigenvalue weighted by Crippen LogP contribution is 2.36. The molecule has 11 nitrogen and oxygen atoms in total. The molecule has 1 aromatic heterocycles. The highest BCUT2D eigenvalue weighted by atomic mass is 35.5. The minimum absolute atomic E-state index is 0. The van der Waals surface area contributed by atoms with E-state index in [9.17, 15) is 9.59 Å². The van der Waals surface area contributed by atoms with E-state index in [0.717, 1.165) is 73.4 Å². The minimum atomic E-state index is -0.979. The molecule has 2 aromatic carbocycles. The summed E-state index contributed by atoms with van der Waals surface area (Å²) in [4.78, 5) is 33.6. The van der Waals surface area contributed by atoms with Gasteiger partial charge in [0.2, 0.25) is 5.91 Å². The zero-order valence-electron chi connectivity index (χ0n) is 27.5. The van der Waals surface area contributed by atoms with Gasteiger partial charge in [0, 0.05) is 87.5 Å². The Kier molecular flexibility index (Phi) is 11.3. The second-order valence-electron chi connectivity index (χ2n) is 13.1. The zero-order valence-corrected chi connectivity index (χ0v) is 28.3. The Bertz CT molecular complexity index is 1490. The van der Waals surface area contributed by atoms with Crippen LogP contribution in [0.5, 0.6) is 11.5 Å². The molecule has 1 aliphatic carbocycles. The molecule has 12 heteroatoms. The van der Waals surface area contributed by atoms with Crippen molar-refractivity contribution in [2.45, 2.75) is 57.7 Å². The maximum absolute atomic E-state index is 14.1. The first-order valence-corrected chi connectivity index (χ1v) is 16.6. The summed E-state index contributed by atoms with van der Waals surface area (Å²) in [6.45, 7) is 9.54. The van der Waals surface area contributed by atoms with Crippen molar-refractivity contribution in [2.24, 2.45) is 11.7 Å². The van der Waals surface area contributed by atoms with E-state index in [1.54, 1.807) is 6.20 Å². The second kappa shape index (κ2) is 15.4. The number of ether oxygens (including phenoxy) is 2. The first-order valence-electron chi connectivity index (χ1n) is 16.6. The van der Waals surface area contributed by atoms with Crippen LogP contribution >= 0.6 is 12.4 Å². The third-order valence-electron chi connectivity index (χ3n) is 9.10. The lowest BCUT2D eigenvalue weighted by molar-refractivity contribution is -0.146. The fourth-order valence-electron chi connectivity index (χ4n) is 6.54. The predicted molar refractivity (Wildman–Crippen MR) is 185 cm³/mol. The van der Waals surface area contributed by atoms with Gasteiger partial charge in [0.05, 0.1) is 12.1 Å². The van der Waals surface area contributed by atoms with Crippen molar-refractivity contribution in [1.82, 2.24) is 25.3 Å². The fourth-order valence-corrected chi connectivity index (χ4v) is 6.54. The fraction of sp³-hybridized carbons (Fsp3) is 0.514. The number of piperidine rings is 1. The molecule has 47 heavy (non-hydrogen) atoms. The number of aromatic nitrogens is 2. The third-order valence-corrected chi connectivity index (χ3v) is 9.10. The molecular formula is C35H48ClN7O4. The number of nitrogens with one attached hydrogen (secondary N) is 2. The summed E-state index contributed by atoms with van der Waals surface area (Å²) in [5.74, 6) is 1.52. The smallest absolute Gasteiger partial charge is 0.266 e. The number of nitrogens with zero attached hydrogens (tertiary/aromatic N) is 4. The number of hydrogen-bond acceptors (Lipinski definition) is 8. The zero-order chi connectivity index (χ0) is 32.1. The van der Waals surface area contributed by atoms with Crippen molar-refractivity contribution >= 4 is 29.9 Å². The summed E-state index contributed by atoms with van der Waals surface area (Å²) in [6.07, 6.45) is 7.49. The van der Waals surface area contributed by atoms with E-state index in [1.807, 2.05) is 55.3 Å². The average molecular weight is 666 g/mol. The van der Waals surface area contributed by atoms with E-state index >= 15 is 0 Å². The van der Waals surface area contributed by atoms with Gasteiger partial charge >= 0.3 is 0 Å². The average Bonchev–Trinajstić information content (AvgIpc) is 3.78. The van der Waals surface area contributed by atoms with Crippen LogP contribution in [0.3, 0.4) is 0 Å². The number of hydrogen-bond donors (Lipinski definition) is 3. The Labute approximate surface area is 283 Å². The summed E-state index contributed by atoms with van der Waals surface area (Å²) < 4.78 is 12.3. The van der Waals surface area contributed by atoms with Crippen LogP contribution in [0.4, 0.5) is 5.69 Å². The number of rotatable bonds is 12. The van der Waals surface area contributed by atoms with Crippen LogP contribution in [0.1, 0.15) is 45.1 Å². The molecule has 2 aliphatic heterocycles. The van der Waals surface area contributed by atoms with E-state index in [0.29, 0.717) is 45.1 Å². The predicted octanol–water partition coefficient (Wildman–Crippen LogP) is 3.83. The topological polar surface area (TPSA) is 129 Å². The van der Waals surface area contributed by atoms with Crippen LogP contribution in [-0.2, 0) is 16.1 Å². The highest BCUT2D eigenvalue weighted by Gasteiger charge is 2.38. The number of carbonyl (C=O) groups is 2. The van der Waals surface area contributed by atoms with Crippen molar-refractivity contribution < 1.29 is 19.1 Å². The number of halogens is 1. The molecule has 0 spiro atoms. The molecule has 1 saturated carbocycles. The number of anilines is 1. The first-order chi connectivity index (χ1) is 22.3. The summed E-state index contributed by atoms with van der Waals surface area (Å²) in [5.41, 5.74) is 8.70. The SMILES string of the molecule is CC(C)(Oc1cccc(N2CCC[C@@H](C(=O)N(Cc3ccc(-c4cn[nH]c4)c(OCCN)c3)C3CC3)C2)c1)C(=O)N1CCNCC1.Cl. The Morgan fingerprint density at radius 3 is 2.62 bits per heavy atom. The van der Waals surface area contributed by atoms with E-state index < -0.39 is 5.60 Å². The molecule has 1 atom stereocenters. The van der Waals surface area contributed by atoms with Gasteiger partial charge in [-0.25, -0.2) is 0 Å². The van der Waals surface area contributed by atoms with Gasteiger partial charge in [-0.3, -0.25) is 14.7 Å². The van der Waals surface area contributed by atoms with Crippen LogP contribution in [0.15, 0.2) is 54.9 Å². The number of nitrogens with two attached hydrogens (primary N) is 1. The number of aromatic amines is 1. The second-order valence-corrected chi connectivity index (χ2v) is 13.1. The summed E-state index contributed by atoms with van der Waals surface area (Å²) >= 11 is 0. The van der Waals surface area contributed by atoms with Crippen LogP contribution in [-0.4, -0.2) is 95.9 Å². The maximum atomic E-state index is 14.1. The van der Waals surface area contributed by atoms with E-state index in [1.165, 1.54) is 0 Å². The molecule has 6 rings (SSSR count). The lowest BCUT2D eigenvalue weighted by Gasteiger charge is -2.37. The normalized spacial score (nSPS) is 18.3. The van der Waals surface area contributed by atoms with Crippen molar-refractivity contribution in [3.8, 4) is 22.6 Å². The monoisotopic (exact) mass is 665 g/mol. The number of H-pyrrole nitrogens is 1. The molecule has 0 bridgehead atoms. The Morgan fingerprint density at radius 1 is 1.09 bits per heavy atom. The van der Waals surface area contributed by atoms with Crippen LogP contribution in [0, 0.1) is 5.92 Å². The van der Waals surface area contributed by atoms with Crippen molar-refractivity contribution in [3.05, 3.63) is 60.4 Å². The lowest BCUT2D eigenvalue weighted by Crippen LogP contribution is -2.54. The minimum Gasteiger partial charge on any atom is -0.492 e. The number of benzene rings is 2. The number of carbonyl (C=O) groups excluding carboxylic acids is 2. The molecule has 3 heterocycles. The Balaban J connectivity index is 0.00000433. The van der Waals surface area contributed by atoms with Gasteiger partial charge in [-0.2, -0.15) is 5.10 Å². The Hall–Kier alpha value is -3.80. The van der Waals surface area contributed by atoms with Gasteiger partial charge in [-0.05, 0) is 63.3 Å². The summed E-state index contributed by atoms with van der Waals surface area (Å²) in [7, 11) is 0. The molecule has 0 radical (unpaired) electrons. The highest BCUT2D eigenvalue weighted by molar-refractivity contribution is 5.85. The standard InChI is InChI=1S/C35H47N7O4.ClH/c1-35(2,34(44)40-16-13-37-14-17-40)46-30-7-3-6-29(20-30)41-15-4-5-26(24-41)33(43)42(28-9-10-28)23-25-8-11-31(27-21-38-39-22-27)32(19-25)45-18-12-36;/h3,6-8,11,19-22,26,28,37H,4-5,9-10,12-18,23-24,36H2,1-2H3,(H,38,39);1H/t26-;/m1./s1. The molecule has 3 aliphatic rings. The van der Waals surface area contributed by atoms with Gasteiger partial charge in [-0.1, -0.05) is 18.2 Å². The molecule has 4 N–H and O–H groups in total. The maximum Gasteiger partial charge on any atom is 0.266 e. The molecule has 3 aromatic rings. The number of amides is 2. The summed E-state index contributed by atoms with van der Waals surface area (Å²) in [5, 5.41) is 10.2. The van der Waals surface area contributed by atoms with E-state index in [4.69, 9.17) is 15.2 Å². The third kappa shape index (κ3) is 8.38. The molecular weight excluding hydrogens is 618 g/mol. The van der Waals surface area contributed by atoms with Gasteiger partial charge < -0.3 is 35.2 Å². The van der Waals surface area contributed by atoms with Crippen LogP contribution in [0.2, 0.25) is 0 Å². The molecule has 2 amide bonds. The molecule has 2 saturated heterocycles. The van der Waals surface area contributed by atoms with Gasteiger partial charge in [0.1, 0.15) is 18.1 Å². The number of piperazine rings is 1. The molecule has 254 valence electrons. The van der Waals surface area contributed by atoms with Crippen LogP contribution < -0.4 is 25.4 Å². The van der Waals surface area contributed by atoms with Gasteiger partial charge in [0.15, 0.2) is 5.60 Å². The van der Waals surface area contributed by atoms with Gasteiger partial charge in [0.25, 0.3) is 5.91 Å². The molecule has 3 fully saturated rings. The quantitative estimate of drug-likeness (QED) is 0.266.